The molecule has 0 atom stereocenters. The molecule has 1 saturated heterocycles. The standard InChI is InChI=1S/C27H27N3O3/c1-2-32-27-17-21(7-12-26(27)33-20-23-6-4-3-5-22(23)18-28)19-29-24-8-10-25(11-9-24)30-13-15-31-16-14-30/h3-12,17,19H,2,13-16,20H2,1H3. The Labute approximate surface area is 194 Å². The molecule has 0 N–H and O–H groups in total. The molecule has 1 aliphatic heterocycles. The van der Waals surface area contributed by atoms with Crippen molar-refractivity contribution in [1.82, 2.24) is 0 Å². The molecular formula is C27H27N3O3. The van der Waals surface area contributed by atoms with Crippen LogP contribution in [0.3, 0.4) is 0 Å². The van der Waals surface area contributed by atoms with Crippen molar-refractivity contribution in [2.75, 3.05) is 37.8 Å². The summed E-state index contributed by atoms with van der Waals surface area (Å²) in [6, 6.07) is 23.6. The number of rotatable bonds is 8. The molecule has 33 heavy (non-hydrogen) atoms. The summed E-state index contributed by atoms with van der Waals surface area (Å²) in [5.41, 5.74) is 4.45. The molecule has 0 amide bonds. The van der Waals surface area contributed by atoms with Crippen LogP contribution in [-0.2, 0) is 11.3 Å². The quantitative estimate of drug-likeness (QED) is 0.454. The summed E-state index contributed by atoms with van der Waals surface area (Å²) in [4.78, 5) is 6.93. The summed E-state index contributed by atoms with van der Waals surface area (Å²) in [5, 5.41) is 9.27. The molecule has 3 aromatic rings. The molecule has 0 unspecified atom stereocenters. The summed E-state index contributed by atoms with van der Waals surface area (Å²) in [7, 11) is 0. The van der Waals surface area contributed by atoms with E-state index in [1.165, 1.54) is 5.69 Å². The molecule has 1 heterocycles. The Kier molecular flexibility index (Phi) is 7.57. The lowest BCUT2D eigenvalue weighted by molar-refractivity contribution is 0.122. The zero-order valence-corrected chi connectivity index (χ0v) is 18.7. The number of nitriles is 1. The van der Waals surface area contributed by atoms with Gasteiger partial charge in [0.2, 0.25) is 0 Å². The van der Waals surface area contributed by atoms with E-state index in [1.807, 2.05) is 61.7 Å². The number of morpholine rings is 1. The van der Waals surface area contributed by atoms with Gasteiger partial charge in [0.05, 0.1) is 37.1 Å². The van der Waals surface area contributed by atoms with Crippen molar-refractivity contribution in [3.05, 3.63) is 83.4 Å². The van der Waals surface area contributed by atoms with Crippen LogP contribution in [0.4, 0.5) is 11.4 Å². The van der Waals surface area contributed by atoms with Crippen LogP contribution in [0.1, 0.15) is 23.6 Å². The van der Waals surface area contributed by atoms with Gasteiger partial charge in [0.15, 0.2) is 11.5 Å². The van der Waals surface area contributed by atoms with Crippen molar-refractivity contribution in [3.63, 3.8) is 0 Å². The molecule has 0 bridgehead atoms. The fraction of sp³-hybridized carbons (Fsp3) is 0.259. The number of ether oxygens (including phenoxy) is 3. The Morgan fingerprint density at radius 3 is 2.55 bits per heavy atom. The van der Waals surface area contributed by atoms with E-state index in [9.17, 15) is 5.26 Å². The molecule has 0 aliphatic carbocycles. The van der Waals surface area contributed by atoms with E-state index in [1.54, 1.807) is 6.07 Å². The predicted octanol–water partition coefficient (Wildman–Crippen LogP) is 5.12. The van der Waals surface area contributed by atoms with Crippen molar-refractivity contribution in [3.8, 4) is 17.6 Å². The second kappa shape index (κ2) is 11.2. The molecule has 0 spiro atoms. The minimum atomic E-state index is 0.298. The van der Waals surface area contributed by atoms with Crippen molar-refractivity contribution in [2.45, 2.75) is 13.5 Å². The van der Waals surface area contributed by atoms with E-state index in [2.05, 4.69) is 28.1 Å². The van der Waals surface area contributed by atoms with Crippen LogP contribution in [-0.4, -0.2) is 39.1 Å². The minimum Gasteiger partial charge on any atom is -0.490 e. The van der Waals surface area contributed by atoms with E-state index in [0.29, 0.717) is 30.3 Å². The van der Waals surface area contributed by atoms with Gasteiger partial charge in [0.1, 0.15) is 6.61 Å². The lowest BCUT2D eigenvalue weighted by Crippen LogP contribution is -2.36. The first-order valence-electron chi connectivity index (χ1n) is 11.1. The molecule has 0 saturated carbocycles. The Morgan fingerprint density at radius 2 is 1.79 bits per heavy atom. The maximum absolute atomic E-state index is 9.27. The maximum Gasteiger partial charge on any atom is 0.161 e. The van der Waals surface area contributed by atoms with E-state index in [-0.39, 0.29) is 0 Å². The van der Waals surface area contributed by atoms with Gasteiger partial charge in [-0.3, -0.25) is 4.99 Å². The number of aliphatic imine (C=N–C) groups is 1. The first kappa shape index (κ1) is 22.4. The van der Waals surface area contributed by atoms with Gasteiger partial charge in [0, 0.05) is 30.6 Å². The van der Waals surface area contributed by atoms with Crippen molar-refractivity contribution >= 4 is 17.6 Å². The van der Waals surface area contributed by atoms with Crippen molar-refractivity contribution in [2.24, 2.45) is 4.99 Å². The van der Waals surface area contributed by atoms with Gasteiger partial charge < -0.3 is 19.1 Å². The van der Waals surface area contributed by atoms with Crippen molar-refractivity contribution in [1.29, 1.82) is 5.26 Å². The molecule has 3 aromatic carbocycles. The van der Waals surface area contributed by atoms with Crippen LogP contribution in [0.15, 0.2) is 71.7 Å². The summed E-state index contributed by atoms with van der Waals surface area (Å²) in [6.07, 6.45) is 1.82. The summed E-state index contributed by atoms with van der Waals surface area (Å²) in [6.45, 7) is 6.13. The van der Waals surface area contributed by atoms with E-state index < -0.39 is 0 Å². The highest BCUT2D eigenvalue weighted by Gasteiger charge is 2.11. The molecule has 0 radical (unpaired) electrons. The molecule has 1 aliphatic rings. The number of hydrogen-bond acceptors (Lipinski definition) is 6. The van der Waals surface area contributed by atoms with Crippen LogP contribution in [0.25, 0.3) is 0 Å². The highest BCUT2D eigenvalue weighted by atomic mass is 16.5. The van der Waals surface area contributed by atoms with Gasteiger partial charge in [-0.1, -0.05) is 18.2 Å². The highest BCUT2D eigenvalue weighted by molar-refractivity contribution is 5.83. The Morgan fingerprint density at radius 1 is 1.00 bits per heavy atom. The minimum absolute atomic E-state index is 0.298. The third-order valence-corrected chi connectivity index (χ3v) is 5.38. The topological polar surface area (TPSA) is 67.1 Å². The first-order valence-corrected chi connectivity index (χ1v) is 11.1. The van der Waals surface area contributed by atoms with Crippen molar-refractivity contribution < 1.29 is 14.2 Å². The van der Waals surface area contributed by atoms with Crippen LogP contribution < -0.4 is 14.4 Å². The fourth-order valence-corrected chi connectivity index (χ4v) is 3.62. The molecule has 6 nitrogen and oxygen atoms in total. The zero-order chi connectivity index (χ0) is 22.9. The van der Waals surface area contributed by atoms with Crippen LogP contribution in [0.2, 0.25) is 0 Å². The molecule has 6 heteroatoms. The van der Waals surface area contributed by atoms with Gasteiger partial charge in [-0.05, 0) is 61.0 Å². The zero-order valence-electron chi connectivity index (χ0n) is 18.7. The molecule has 4 rings (SSSR count). The molecule has 1 fully saturated rings. The summed E-state index contributed by atoms with van der Waals surface area (Å²) >= 11 is 0. The Bertz CT molecular complexity index is 1130. The second-order valence-electron chi connectivity index (χ2n) is 7.57. The molecule has 168 valence electrons. The van der Waals surface area contributed by atoms with E-state index in [4.69, 9.17) is 14.2 Å². The Balaban J connectivity index is 1.44. The van der Waals surface area contributed by atoms with Gasteiger partial charge in [-0.2, -0.15) is 5.26 Å². The normalized spacial score (nSPS) is 13.6. The summed E-state index contributed by atoms with van der Waals surface area (Å²) < 4.78 is 17.2. The van der Waals surface area contributed by atoms with Crippen LogP contribution in [0, 0.1) is 11.3 Å². The number of hydrogen-bond donors (Lipinski definition) is 0. The van der Waals surface area contributed by atoms with E-state index >= 15 is 0 Å². The number of nitrogens with zero attached hydrogens (tertiary/aromatic N) is 3. The van der Waals surface area contributed by atoms with Crippen LogP contribution >= 0.6 is 0 Å². The molecule has 0 aromatic heterocycles. The van der Waals surface area contributed by atoms with Gasteiger partial charge >= 0.3 is 0 Å². The second-order valence-corrected chi connectivity index (χ2v) is 7.57. The highest BCUT2D eigenvalue weighted by Crippen LogP contribution is 2.29. The Hall–Kier alpha value is -3.82. The molecular weight excluding hydrogens is 414 g/mol. The largest absolute Gasteiger partial charge is 0.490 e. The lowest BCUT2D eigenvalue weighted by Gasteiger charge is -2.28. The first-order chi connectivity index (χ1) is 16.3. The predicted molar refractivity (Wildman–Crippen MR) is 130 cm³/mol. The average Bonchev–Trinajstić information content (AvgIpc) is 2.88. The monoisotopic (exact) mass is 441 g/mol. The summed E-state index contributed by atoms with van der Waals surface area (Å²) in [5.74, 6) is 1.29. The van der Waals surface area contributed by atoms with Gasteiger partial charge in [0.25, 0.3) is 0 Å². The third-order valence-electron chi connectivity index (χ3n) is 5.38. The van der Waals surface area contributed by atoms with Crippen LogP contribution in [0.5, 0.6) is 11.5 Å². The average molecular weight is 442 g/mol. The maximum atomic E-state index is 9.27. The van der Waals surface area contributed by atoms with E-state index in [0.717, 1.165) is 43.1 Å². The number of benzene rings is 3. The number of anilines is 1. The lowest BCUT2D eigenvalue weighted by atomic mass is 10.1. The van der Waals surface area contributed by atoms with Gasteiger partial charge in [-0.25, -0.2) is 0 Å². The third kappa shape index (κ3) is 5.91. The SMILES string of the molecule is CCOc1cc(C=Nc2ccc(N3CCOCC3)cc2)ccc1OCc1ccccc1C#N. The van der Waals surface area contributed by atoms with Gasteiger partial charge in [-0.15, -0.1) is 0 Å². The fourth-order valence-electron chi connectivity index (χ4n) is 3.62. The smallest absolute Gasteiger partial charge is 0.161 e.